The summed E-state index contributed by atoms with van der Waals surface area (Å²) < 4.78 is 1.67. The van der Waals surface area contributed by atoms with E-state index >= 15 is 0 Å². The van der Waals surface area contributed by atoms with Gasteiger partial charge in [-0.1, -0.05) is 0 Å². The molecule has 0 radical (unpaired) electrons. The van der Waals surface area contributed by atoms with Crippen LogP contribution in [0.15, 0.2) is 12.7 Å². The highest BCUT2D eigenvalue weighted by Crippen LogP contribution is 2.12. The number of nitrogens with one attached hydrogen (secondary N) is 2. The van der Waals surface area contributed by atoms with Crippen LogP contribution in [0, 0.1) is 5.92 Å². The SMILES string of the molecule is Cl.O=C(CCn1cncn1)NCCC1CCCNC1. The van der Waals surface area contributed by atoms with Crippen LogP contribution in [0.4, 0.5) is 0 Å². The molecule has 1 amide bonds. The van der Waals surface area contributed by atoms with Crippen molar-refractivity contribution < 1.29 is 4.79 Å². The highest BCUT2D eigenvalue weighted by atomic mass is 35.5. The maximum atomic E-state index is 11.6. The van der Waals surface area contributed by atoms with E-state index in [1.165, 1.54) is 19.2 Å². The van der Waals surface area contributed by atoms with Gasteiger partial charge in [0.15, 0.2) is 0 Å². The lowest BCUT2D eigenvalue weighted by molar-refractivity contribution is -0.121. The Bertz CT molecular complexity index is 351. The second-order valence-electron chi connectivity index (χ2n) is 4.76. The smallest absolute Gasteiger partial charge is 0.221 e. The van der Waals surface area contributed by atoms with Gasteiger partial charge in [0.1, 0.15) is 12.7 Å². The number of amides is 1. The average Bonchev–Trinajstić information content (AvgIpc) is 2.91. The lowest BCUT2D eigenvalue weighted by atomic mass is 9.96. The van der Waals surface area contributed by atoms with Gasteiger partial charge in [-0.2, -0.15) is 5.10 Å². The van der Waals surface area contributed by atoms with Crippen LogP contribution in [0.1, 0.15) is 25.7 Å². The summed E-state index contributed by atoms with van der Waals surface area (Å²) in [4.78, 5) is 15.4. The summed E-state index contributed by atoms with van der Waals surface area (Å²) >= 11 is 0. The van der Waals surface area contributed by atoms with Crippen LogP contribution >= 0.6 is 12.4 Å². The maximum Gasteiger partial charge on any atom is 0.221 e. The predicted molar refractivity (Wildman–Crippen MR) is 75.1 cm³/mol. The quantitative estimate of drug-likeness (QED) is 0.804. The van der Waals surface area contributed by atoms with E-state index < -0.39 is 0 Å². The number of halogens is 1. The number of rotatable bonds is 6. The zero-order chi connectivity index (χ0) is 12.6. The number of aryl methyl sites for hydroxylation is 1. The minimum absolute atomic E-state index is 0. The Morgan fingerprint density at radius 3 is 3.11 bits per heavy atom. The molecule has 1 fully saturated rings. The molecule has 0 saturated carbocycles. The third-order valence-corrected chi connectivity index (χ3v) is 3.31. The molecule has 1 aromatic heterocycles. The number of carbonyl (C=O) groups excluding carboxylic acids is 1. The van der Waals surface area contributed by atoms with Crippen molar-refractivity contribution in [2.24, 2.45) is 5.92 Å². The fourth-order valence-corrected chi connectivity index (χ4v) is 2.24. The highest BCUT2D eigenvalue weighted by Gasteiger charge is 2.12. The van der Waals surface area contributed by atoms with Gasteiger partial charge >= 0.3 is 0 Å². The molecule has 0 spiro atoms. The molecule has 19 heavy (non-hydrogen) atoms. The topological polar surface area (TPSA) is 71.8 Å². The standard InChI is InChI=1S/C12H21N5O.ClH/c18-12(4-7-17-10-14-9-16-17)15-6-3-11-2-1-5-13-8-11;/h9-11,13H,1-8H2,(H,15,18);1H. The van der Waals surface area contributed by atoms with Crippen LogP contribution in [0.5, 0.6) is 0 Å². The Kier molecular flexibility index (Phi) is 7.43. The van der Waals surface area contributed by atoms with E-state index in [4.69, 9.17) is 0 Å². The minimum Gasteiger partial charge on any atom is -0.356 e. The molecule has 1 aliphatic heterocycles. The van der Waals surface area contributed by atoms with Crippen molar-refractivity contribution in [3.8, 4) is 0 Å². The van der Waals surface area contributed by atoms with Gasteiger partial charge in [0.05, 0.1) is 6.54 Å². The molecule has 6 nitrogen and oxygen atoms in total. The Labute approximate surface area is 119 Å². The molecule has 1 unspecified atom stereocenters. The molecule has 1 saturated heterocycles. The second kappa shape index (κ2) is 8.87. The van der Waals surface area contributed by atoms with E-state index in [-0.39, 0.29) is 18.3 Å². The number of carbonyl (C=O) groups is 1. The first kappa shape index (κ1) is 15.9. The monoisotopic (exact) mass is 287 g/mol. The van der Waals surface area contributed by atoms with Crippen LogP contribution in [0.25, 0.3) is 0 Å². The summed E-state index contributed by atoms with van der Waals surface area (Å²) in [5.41, 5.74) is 0. The number of aromatic nitrogens is 3. The zero-order valence-electron chi connectivity index (χ0n) is 11.0. The number of piperidine rings is 1. The number of nitrogens with zero attached hydrogens (tertiary/aromatic N) is 3. The molecule has 108 valence electrons. The fourth-order valence-electron chi connectivity index (χ4n) is 2.24. The first-order valence-corrected chi connectivity index (χ1v) is 6.64. The van der Waals surface area contributed by atoms with Gasteiger partial charge in [0, 0.05) is 13.0 Å². The van der Waals surface area contributed by atoms with E-state index in [0.29, 0.717) is 13.0 Å². The summed E-state index contributed by atoms with van der Waals surface area (Å²) in [6, 6.07) is 0. The normalized spacial score (nSPS) is 18.6. The molecule has 1 atom stereocenters. The lowest BCUT2D eigenvalue weighted by Crippen LogP contribution is -2.33. The molecule has 0 aliphatic carbocycles. The molecule has 2 rings (SSSR count). The van der Waals surface area contributed by atoms with Crippen LogP contribution in [0.3, 0.4) is 0 Å². The summed E-state index contributed by atoms with van der Waals surface area (Å²) in [6.07, 6.45) is 7.18. The molecule has 1 aromatic rings. The van der Waals surface area contributed by atoms with Crippen LogP contribution in [0.2, 0.25) is 0 Å². The average molecular weight is 288 g/mol. The van der Waals surface area contributed by atoms with Gasteiger partial charge < -0.3 is 10.6 Å². The minimum atomic E-state index is 0. The Morgan fingerprint density at radius 1 is 1.53 bits per heavy atom. The maximum absolute atomic E-state index is 11.6. The summed E-state index contributed by atoms with van der Waals surface area (Å²) in [5.74, 6) is 0.809. The van der Waals surface area contributed by atoms with Crippen molar-refractivity contribution in [2.75, 3.05) is 19.6 Å². The summed E-state index contributed by atoms with van der Waals surface area (Å²) in [5, 5.41) is 10.3. The number of hydrogen-bond donors (Lipinski definition) is 2. The fraction of sp³-hybridized carbons (Fsp3) is 0.750. The molecule has 2 N–H and O–H groups in total. The van der Waals surface area contributed by atoms with E-state index in [9.17, 15) is 4.79 Å². The van der Waals surface area contributed by atoms with Crippen LogP contribution in [-0.4, -0.2) is 40.3 Å². The van der Waals surface area contributed by atoms with Crippen molar-refractivity contribution in [2.45, 2.75) is 32.2 Å². The second-order valence-corrected chi connectivity index (χ2v) is 4.76. The molecular formula is C12H22ClN5O. The zero-order valence-corrected chi connectivity index (χ0v) is 11.9. The van der Waals surface area contributed by atoms with Gasteiger partial charge in [-0.15, -0.1) is 12.4 Å². The molecule has 2 heterocycles. The molecular weight excluding hydrogens is 266 g/mol. The largest absolute Gasteiger partial charge is 0.356 e. The van der Waals surface area contributed by atoms with E-state index in [1.54, 1.807) is 11.0 Å². The molecule has 0 bridgehead atoms. The van der Waals surface area contributed by atoms with Crippen molar-refractivity contribution in [3.05, 3.63) is 12.7 Å². The van der Waals surface area contributed by atoms with Crippen LogP contribution in [-0.2, 0) is 11.3 Å². The number of hydrogen-bond acceptors (Lipinski definition) is 4. The van der Waals surface area contributed by atoms with E-state index in [1.807, 2.05) is 0 Å². The predicted octanol–water partition coefficient (Wildman–Crippen LogP) is 0.596. The van der Waals surface area contributed by atoms with Crippen molar-refractivity contribution in [1.29, 1.82) is 0 Å². The highest BCUT2D eigenvalue weighted by molar-refractivity contribution is 5.85. The molecule has 0 aromatic carbocycles. The third kappa shape index (κ3) is 6.02. The van der Waals surface area contributed by atoms with Gasteiger partial charge in [-0.3, -0.25) is 9.48 Å². The van der Waals surface area contributed by atoms with Gasteiger partial charge in [0.25, 0.3) is 0 Å². The van der Waals surface area contributed by atoms with Crippen LogP contribution < -0.4 is 10.6 Å². The van der Waals surface area contributed by atoms with Gasteiger partial charge in [-0.25, -0.2) is 4.98 Å². The van der Waals surface area contributed by atoms with Crippen molar-refractivity contribution in [1.82, 2.24) is 25.4 Å². The van der Waals surface area contributed by atoms with E-state index in [2.05, 4.69) is 20.7 Å². The Balaban J connectivity index is 0.00000180. The molecule has 1 aliphatic rings. The lowest BCUT2D eigenvalue weighted by Gasteiger charge is -2.22. The third-order valence-electron chi connectivity index (χ3n) is 3.31. The summed E-state index contributed by atoms with van der Waals surface area (Å²) in [6.45, 7) is 3.61. The first-order valence-electron chi connectivity index (χ1n) is 6.64. The Morgan fingerprint density at radius 2 is 2.42 bits per heavy atom. The van der Waals surface area contributed by atoms with E-state index in [0.717, 1.165) is 32.0 Å². The van der Waals surface area contributed by atoms with Crippen molar-refractivity contribution >= 4 is 18.3 Å². The van der Waals surface area contributed by atoms with Crippen molar-refractivity contribution in [3.63, 3.8) is 0 Å². The first-order chi connectivity index (χ1) is 8.84. The summed E-state index contributed by atoms with van der Waals surface area (Å²) in [7, 11) is 0. The van der Waals surface area contributed by atoms with Gasteiger partial charge in [0.2, 0.25) is 5.91 Å². The Hall–Kier alpha value is -1.14. The molecule has 7 heteroatoms. The van der Waals surface area contributed by atoms with Gasteiger partial charge in [-0.05, 0) is 38.3 Å².